The Kier molecular flexibility index (Phi) is 3.06. The first-order chi connectivity index (χ1) is 7.61. The minimum absolute atomic E-state index is 0.237. The third kappa shape index (κ3) is 2.00. The van der Waals surface area contributed by atoms with Gasteiger partial charge in [-0.25, -0.2) is 4.79 Å². The third-order valence-electron chi connectivity index (χ3n) is 3.07. The van der Waals surface area contributed by atoms with Gasteiger partial charge < -0.3 is 10.0 Å². The normalized spacial score (nSPS) is 16.0. The largest absolute Gasteiger partial charge is 0.478 e. The molecule has 16 heavy (non-hydrogen) atoms. The third-order valence-corrected chi connectivity index (χ3v) is 3.37. The van der Waals surface area contributed by atoms with E-state index < -0.39 is 5.97 Å². The number of rotatable bonds is 3. The molecule has 0 atom stereocenters. The second kappa shape index (κ2) is 4.34. The second-order valence-corrected chi connectivity index (χ2v) is 4.56. The van der Waals surface area contributed by atoms with Crippen molar-refractivity contribution in [2.24, 2.45) is 5.92 Å². The van der Waals surface area contributed by atoms with Crippen LogP contribution in [0.15, 0.2) is 18.2 Å². The predicted octanol–water partition coefficient (Wildman–Crippen LogP) is 2.88. The van der Waals surface area contributed by atoms with Crippen molar-refractivity contribution >= 4 is 23.3 Å². The van der Waals surface area contributed by atoms with Crippen LogP contribution in [0.3, 0.4) is 0 Å². The Labute approximate surface area is 99.6 Å². The van der Waals surface area contributed by atoms with Gasteiger partial charge in [-0.1, -0.05) is 18.5 Å². The molecule has 1 aromatic rings. The van der Waals surface area contributed by atoms with E-state index in [4.69, 9.17) is 16.7 Å². The van der Waals surface area contributed by atoms with Crippen molar-refractivity contribution in [3.8, 4) is 0 Å². The molecule has 0 spiro atoms. The first-order valence-electron chi connectivity index (χ1n) is 5.39. The number of halogens is 1. The standard InChI is InChI=1S/C12H14ClNO2/c1-2-8-6-14(7-8)11-4-3-9(12(15)16)5-10(11)13/h3-5,8H,2,6-7H2,1H3,(H,15,16). The van der Waals surface area contributed by atoms with E-state index in [9.17, 15) is 4.79 Å². The molecule has 0 aromatic heterocycles. The molecule has 1 aromatic carbocycles. The minimum atomic E-state index is -0.941. The maximum absolute atomic E-state index is 10.7. The topological polar surface area (TPSA) is 40.5 Å². The molecule has 4 heteroatoms. The lowest BCUT2D eigenvalue weighted by Gasteiger charge is -2.41. The number of hydrogen-bond donors (Lipinski definition) is 1. The highest BCUT2D eigenvalue weighted by molar-refractivity contribution is 6.33. The van der Waals surface area contributed by atoms with Crippen LogP contribution in [0.1, 0.15) is 23.7 Å². The summed E-state index contributed by atoms with van der Waals surface area (Å²) in [5, 5.41) is 9.34. The van der Waals surface area contributed by atoms with Gasteiger partial charge >= 0.3 is 5.97 Å². The van der Waals surface area contributed by atoms with Crippen LogP contribution in [0.2, 0.25) is 5.02 Å². The van der Waals surface area contributed by atoms with E-state index in [1.165, 1.54) is 12.5 Å². The van der Waals surface area contributed by atoms with Crippen molar-refractivity contribution in [2.75, 3.05) is 18.0 Å². The lowest BCUT2D eigenvalue weighted by atomic mass is 9.96. The van der Waals surface area contributed by atoms with Gasteiger partial charge in [0.15, 0.2) is 0 Å². The van der Waals surface area contributed by atoms with Gasteiger partial charge in [-0.05, 0) is 30.5 Å². The van der Waals surface area contributed by atoms with Crippen molar-refractivity contribution in [1.29, 1.82) is 0 Å². The molecule has 3 nitrogen and oxygen atoms in total. The Bertz CT molecular complexity index is 413. The second-order valence-electron chi connectivity index (χ2n) is 4.15. The average molecular weight is 240 g/mol. The Morgan fingerprint density at radius 3 is 2.75 bits per heavy atom. The molecule has 1 N–H and O–H groups in total. The van der Waals surface area contributed by atoms with Crippen molar-refractivity contribution < 1.29 is 9.90 Å². The summed E-state index contributed by atoms with van der Waals surface area (Å²) in [5.41, 5.74) is 1.18. The monoisotopic (exact) mass is 239 g/mol. The maximum Gasteiger partial charge on any atom is 0.335 e. The highest BCUT2D eigenvalue weighted by atomic mass is 35.5. The van der Waals surface area contributed by atoms with E-state index in [2.05, 4.69) is 11.8 Å². The van der Waals surface area contributed by atoms with E-state index in [0.29, 0.717) is 5.02 Å². The zero-order valence-electron chi connectivity index (χ0n) is 9.11. The Morgan fingerprint density at radius 1 is 1.56 bits per heavy atom. The Balaban J connectivity index is 2.15. The molecule has 0 bridgehead atoms. The van der Waals surface area contributed by atoms with Crippen LogP contribution in [0, 0.1) is 5.92 Å². The molecular formula is C12H14ClNO2. The molecule has 0 aliphatic carbocycles. The molecule has 1 heterocycles. The first kappa shape index (κ1) is 11.3. The van der Waals surface area contributed by atoms with E-state index in [1.807, 2.05) is 0 Å². The lowest BCUT2D eigenvalue weighted by molar-refractivity contribution is 0.0697. The average Bonchev–Trinajstić information content (AvgIpc) is 2.18. The number of carboxylic acids is 1. The SMILES string of the molecule is CCC1CN(c2ccc(C(=O)O)cc2Cl)C1. The number of anilines is 1. The van der Waals surface area contributed by atoms with Crippen molar-refractivity contribution in [1.82, 2.24) is 0 Å². The van der Waals surface area contributed by atoms with Crippen LogP contribution in [0.25, 0.3) is 0 Å². The quantitative estimate of drug-likeness (QED) is 0.882. The molecule has 1 aliphatic heterocycles. The fourth-order valence-corrected chi connectivity index (χ4v) is 2.22. The van der Waals surface area contributed by atoms with Gasteiger partial charge in [0.1, 0.15) is 0 Å². The lowest BCUT2D eigenvalue weighted by Crippen LogP contribution is -2.46. The molecular weight excluding hydrogens is 226 g/mol. The zero-order valence-corrected chi connectivity index (χ0v) is 9.87. The molecule has 0 amide bonds. The molecule has 1 saturated heterocycles. The first-order valence-corrected chi connectivity index (χ1v) is 5.77. The summed E-state index contributed by atoms with van der Waals surface area (Å²) in [4.78, 5) is 12.9. The number of carbonyl (C=O) groups is 1. The van der Waals surface area contributed by atoms with Crippen molar-refractivity contribution in [3.63, 3.8) is 0 Å². The highest BCUT2D eigenvalue weighted by Gasteiger charge is 2.26. The summed E-state index contributed by atoms with van der Waals surface area (Å²) >= 11 is 6.07. The van der Waals surface area contributed by atoms with Gasteiger partial charge in [-0.15, -0.1) is 0 Å². The van der Waals surface area contributed by atoms with E-state index in [-0.39, 0.29) is 5.56 Å². The van der Waals surface area contributed by atoms with Crippen molar-refractivity contribution in [2.45, 2.75) is 13.3 Å². The summed E-state index contributed by atoms with van der Waals surface area (Å²) < 4.78 is 0. The fourth-order valence-electron chi connectivity index (χ4n) is 1.92. The number of aromatic carboxylic acids is 1. The number of benzene rings is 1. The van der Waals surface area contributed by atoms with Crippen molar-refractivity contribution in [3.05, 3.63) is 28.8 Å². The maximum atomic E-state index is 10.7. The highest BCUT2D eigenvalue weighted by Crippen LogP contribution is 2.32. The Hall–Kier alpha value is -1.22. The smallest absolute Gasteiger partial charge is 0.335 e. The van der Waals surface area contributed by atoms with Crippen LogP contribution in [0.4, 0.5) is 5.69 Å². The van der Waals surface area contributed by atoms with Gasteiger partial charge in [-0.2, -0.15) is 0 Å². The van der Waals surface area contributed by atoms with E-state index in [1.54, 1.807) is 12.1 Å². The predicted molar refractivity (Wildman–Crippen MR) is 64.4 cm³/mol. The minimum Gasteiger partial charge on any atom is -0.478 e. The van der Waals surface area contributed by atoms with E-state index in [0.717, 1.165) is 24.7 Å². The number of carboxylic acid groups (broad SMARTS) is 1. The van der Waals surface area contributed by atoms with Gasteiger partial charge in [0, 0.05) is 13.1 Å². The molecule has 2 rings (SSSR count). The van der Waals surface area contributed by atoms with Gasteiger partial charge in [0.05, 0.1) is 16.3 Å². The zero-order chi connectivity index (χ0) is 11.7. The fraction of sp³-hybridized carbons (Fsp3) is 0.417. The van der Waals surface area contributed by atoms with Crippen LogP contribution in [0.5, 0.6) is 0 Å². The Morgan fingerprint density at radius 2 is 2.25 bits per heavy atom. The molecule has 1 fully saturated rings. The van der Waals surface area contributed by atoms with Crippen LogP contribution >= 0.6 is 11.6 Å². The molecule has 1 aliphatic rings. The summed E-state index contributed by atoms with van der Waals surface area (Å²) in [5.74, 6) is -0.196. The summed E-state index contributed by atoms with van der Waals surface area (Å²) in [7, 11) is 0. The van der Waals surface area contributed by atoms with Gasteiger partial charge in [-0.3, -0.25) is 0 Å². The summed E-state index contributed by atoms with van der Waals surface area (Å²) in [6.45, 7) is 4.21. The van der Waals surface area contributed by atoms with Gasteiger partial charge in [0.2, 0.25) is 0 Å². The number of nitrogens with zero attached hydrogens (tertiary/aromatic N) is 1. The molecule has 0 unspecified atom stereocenters. The number of hydrogen-bond acceptors (Lipinski definition) is 2. The van der Waals surface area contributed by atoms with Crippen LogP contribution < -0.4 is 4.90 Å². The van der Waals surface area contributed by atoms with Crippen LogP contribution in [-0.4, -0.2) is 24.2 Å². The van der Waals surface area contributed by atoms with E-state index >= 15 is 0 Å². The van der Waals surface area contributed by atoms with Crippen LogP contribution in [-0.2, 0) is 0 Å². The summed E-state index contributed by atoms with van der Waals surface area (Å²) in [6, 6.07) is 4.90. The molecule has 0 saturated carbocycles. The van der Waals surface area contributed by atoms with Gasteiger partial charge in [0.25, 0.3) is 0 Å². The molecule has 86 valence electrons. The summed E-state index contributed by atoms with van der Waals surface area (Å²) in [6.07, 6.45) is 1.18. The molecule has 0 radical (unpaired) electrons.